The molecule has 21 heavy (non-hydrogen) atoms. The number of halogens is 1. The van der Waals surface area contributed by atoms with Crippen molar-refractivity contribution in [1.82, 2.24) is 0 Å². The molecule has 0 aliphatic heterocycles. The van der Waals surface area contributed by atoms with Gasteiger partial charge in [0.2, 0.25) is 0 Å². The third-order valence-electron chi connectivity index (χ3n) is 3.02. The van der Waals surface area contributed by atoms with Gasteiger partial charge >= 0.3 is 0 Å². The van der Waals surface area contributed by atoms with E-state index in [0.717, 1.165) is 22.6 Å². The summed E-state index contributed by atoms with van der Waals surface area (Å²) in [7, 11) is 0. The molecule has 0 bridgehead atoms. The van der Waals surface area contributed by atoms with Gasteiger partial charge in [-0.3, -0.25) is 0 Å². The van der Waals surface area contributed by atoms with Crippen LogP contribution in [0.1, 0.15) is 11.1 Å². The zero-order valence-corrected chi connectivity index (χ0v) is 12.3. The minimum absolute atomic E-state index is 0.205. The molecule has 1 atom stereocenters. The Balaban J connectivity index is 1.79. The molecule has 112 valence electrons. The van der Waals surface area contributed by atoms with Crippen molar-refractivity contribution in [2.45, 2.75) is 20.0 Å². The zero-order valence-electron chi connectivity index (χ0n) is 12.3. The van der Waals surface area contributed by atoms with E-state index in [1.54, 1.807) is 12.1 Å². The molecule has 0 heterocycles. The zero-order chi connectivity index (χ0) is 15.2. The summed E-state index contributed by atoms with van der Waals surface area (Å²) in [4.78, 5) is 0. The standard InChI is InChI=1S/C17H20FNO2/c1-12-7-13(2)9-17(8-12)21-11-16(20)10-19-15-5-3-14(18)4-6-15/h3-9,16,19-20H,10-11H2,1-2H3. The third kappa shape index (κ3) is 5.08. The summed E-state index contributed by atoms with van der Waals surface area (Å²) in [5, 5.41) is 12.9. The molecule has 3 nitrogen and oxygen atoms in total. The molecule has 1 unspecified atom stereocenters. The van der Waals surface area contributed by atoms with Crippen molar-refractivity contribution >= 4 is 5.69 Å². The number of aryl methyl sites for hydroxylation is 2. The van der Waals surface area contributed by atoms with Gasteiger partial charge in [0.25, 0.3) is 0 Å². The van der Waals surface area contributed by atoms with E-state index in [2.05, 4.69) is 11.4 Å². The Morgan fingerprint density at radius 1 is 1.10 bits per heavy atom. The van der Waals surface area contributed by atoms with Crippen LogP contribution in [0.5, 0.6) is 5.75 Å². The van der Waals surface area contributed by atoms with Crippen molar-refractivity contribution in [3.63, 3.8) is 0 Å². The van der Waals surface area contributed by atoms with Gasteiger partial charge in [0, 0.05) is 12.2 Å². The number of ether oxygens (including phenoxy) is 1. The molecule has 0 aliphatic rings. The van der Waals surface area contributed by atoms with Crippen LogP contribution in [-0.4, -0.2) is 24.4 Å². The fourth-order valence-corrected chi connectivity index (χ4v) is 2.07. The van der Waals surface area contributed by atoms with Crippen molar-refractivity contribution in [1.29, 1.82) is 0 Å². The highest BCUT2D eigenvalue weighted by Gasteiger charge is 2.06. The van der Waals surface area contributed by atoms with E-state index in [1.807, 2.05) is 26.0 Å². The smallest absolute Gasteiger partial charge is 0.123 e. The largest absolute Gasteiger partial charge is 0.491 e. The van der Waals surface area contributed by atoms with Crippen LogP contribution in [0.4, 0.5) is 10.1 Å². The van der Waals surface area contributed by atoms with Gasteiger partial charge < -0.3 is 15.2 Å². The van der Waals surface area contributed by atoms with E-state index >= 15 is 0 Å². The molecule has 0 saturated heterocycles. The monoisotopic (exact) mass is 289 g/mol. The first kappa shape index (κ1) is 15.3. The number of benzene rings is 2. The van der Waals surface area contributed by atoms with E-state index in [-0.39, 0.29) is 12.4 Å². The van der Waals surface area contributed by atoms with Crippen LogP contribution in [0.15, 0.2) is 42.5 Å². The van der Waals surface area contributed by atoms with Crippen molar-refractivity contribution in [3.8, 4) is 5.75 Å². The Morgan fingerprint density at radius 2 is 1.71 bits per heavy atom. The second-order valence-electron chi connectivity index (χ2n) is 5.18. The Labute approximate surface area is 124 Å². The molecule has 0 spiro atoms. The normalized spacial score (nSPS) is 12.0. The lowest BCUT2D eigenvalue weighted by Gasteiger charge is -2.14. The molecule has 0 aliphatic carbocycles. The predicted octanol–water partition coefficient (Wildman–Crippen LogP) is 3.29. The van der Waals surface area contributed by atoms with Crippen molar-refractivity contribution in [3.05, 3.63) is 59.4 Å². The van der Waals surface area contributed by atoms with Gasteiger partial charge in [0.05, 0.1) is 0 Å². The number of nitrogens with one attached hydrogen (secondary N) is 1. The summed E-state index contributed by atoms with van der Waals surface area (Å²) < 4.78 is 18.3. The van der Waals surface area contributed by atoms with E-state index in [4.69, 9.17) is 4.74 Å². The first-order valence-corrected chi connectivity index (χ1v) is 6.91. The molecule has 0 amide bonds. The summed E-state index contributed by atoms with van der Waals surface area (Å²) in [6.45, 7) is 4.56. The third-order valence-corrected chi connectivity index (χ3v) is 3.02. The molecular weight excluding hydrogens is 269 g/mol. The van der Waals surface area contributed by atoms with Crippen LogP contribution in [0.3, 0.4) is 0 Å². The Kier molecular flexibility index (Phi) is 5.17. The average Bonchev–Trinajstić information content (AvgIpc) is 2.43. The molecular formula is C17H20FNO2. The van der Waals surface area contributed by atoms with Crippen LogP contribution in [0.25, 0.3) is 0 Å². The summed E-state index contributed by atoms with van der Waals surface area (Å²) in [6.07, 6.45) is -0.643. The minimum atomic E-state index is -0.643. The van der Waals surface area contributed by atoms with Gasteiger partial charge in [0.1, 0.15) is 24.3 Å². The fraction of sp³-hybridized carbons (Fsp3) is 0.294. The van der Waals surface area contributed by atoms with Gasteiger partial charge in [-0.25, -0.2) is 4.39 Å². The highest BCUT2D eigenvalue weighted by molar-refractivity contribution is 5.42. The SMILES string of the molecule is Cc1cc(C)cc(OCC(O)CNc2ccc(F)cc2)c1. The minimum Gasteiger partial charge on any atom is -0.491 e. The van der Waals surface area contributed by atoms with E-state index in [9.17, 15) is 9.50 Å². The highest BCUT2D eigenvalue weighted by atomic mass is 19.1. The van der Waals surface area contributed by atoms with Crippen LogP contribution < -0.4 is 10.1 Å². The van der Waals surface area contributed by atoms with Crippen molar-refractivity contribution in [2.24, 2.45) is 0 Å². The molecule has 0 radical (unpaired) electrons. The summed E-state index contributed by atoms with van der Waals surface area (Å²) in [5.41, 5.74) is 3.02. The number of anilines is 1. The van der Waals surface area contributed by atoms with E-state index < -0.39 is 6.10 Å². The van der Waals surface area contributed by atoms with Gasteiger partial charge in [-0.1, -0.05) is 6.07 Å². The Morgan fingerprint density at radius 3 is 2.33 bits per heavy atom. The van der Waals surface area contributed by atoms with Crippen molar-refractivity contribution < 1.29 is 14.2 Å². The summed E-state index contributed by atoms with van der Waals surface area (Å²) >= 11 is 0. The van der Waals surface area contributed by atoms with E-state index in [0.29, 0.717) is 6.54 Å². The van der Waals surface area contributed by atoms with Gasteiger partial charge in [-0.15, -0.1) is 0 Å². The number of hydrogen-bond donors (Lipinski definition) is 2. The van der Waals surface area contributed by atoms with Crippen LogP contribution >= 0.6 is 0 Å². The van der Waals surface area contributed by atoms with E-state index in [1.165, 1.54) is 12.1 Å². The average molecular weight is 289 g/mol. The second-order valence-corrected chi connectivity index (χ2v) is 5.18. The molecule has 0 aromatic heterocycles. The van der Waals surface area contributed by atoms with Crippen LogP contribution in [-0.2, 0) is 0 Å². The quantitative estimate of drug-likeness (QED) is 0.857. The van der Waals surface area contributed by atoms with Crippen LogP contribution in [0, 0.1) is 19.7 Å². The molecule has 0 fully saturated rings. The van der Waals surface area contributed by atoms with Gasteiger partial charge in [0.15, 0.2) is 0 Å². The lowest BCUT2D eigenvalue weighted by Crippen LogP contribution is -2.26. The molecule has 2 aromatic carbocycles. The van der Waals surface area contributed by atoms with Gasteiger partial charge in [-0.05, 0) is 61.4 Å². The number of aliphatic hydroxyl groups is 1. The first-order valence-electron chi connectivity index (χ1n) is 6.91. The second kappa shape index (κ2) is 7.09. The number of rotatable bonds is 6. The lowest BCUT2D eigenvalue weighted by atomic mass is 10.1. The fourth-order valence-electron chi connectivity index (χ4n) is 2.07. The summed E-state index contributed by atoms with van der Waals surface area (Å²) in [6, 6.07) is 12.0. The topological polar surface area (TPSA) is 41.5 Å². The highest BCUT2D eigenvalue weighted by Crippen LogP contribution is 2.16. The maximum atomic E-state index is 12.8. The Hall–Kier alpha value is -2.07. The molecule has 2 N–H and O–H groups in total. The Bertz CT molecular complexity index is 564. The summed E-state index contributed by atoms with van der Waals surface area (Å²) in [5.74, 6) is 0.479. The van der Waals surface area contributed by atoms with Crippen LogP contribution in [0.2, 0.25) is 0 Å². The number of hydrogen-bond acceptors (Lipinski definition) is 3. The molecule has 2 aromatic rings. The predicted molar refractivity (Wildman–Crippen MR) is 82.3 cm³/mol. The maximum absolute atomic E-state index is 12.8. The number of aliphatic hydroxyl groups excluding tert-OH is 1. The first-order chi connectivity index (χ1) is 10.0. The van der Waals surface area contributed by atoms with Crippen molar-refractivity contribution in [2.75, 3.05) is 18.5 Å². The lowest BCUT2D eigenvalue weighted by molar-refractivity contribution is 0.117. The maximum Gasteiger partial charge on any atom is 0.123 e. The van der Waals surface area contributed by atoms with Gasteiger partial charge in [-0.2, -0.15) is 0 Å². The molecule has 0 saturated carbocycles. The molecule has 4 heteroatoms. The molecule has 2 rings (SSSR count).